The lowest BCUT2D eigenvalue weighted by Gasteiger charge is -2.31. The predicted octanol–water partition coefficient (Wildman–Crippen LogP) is 5.68. The van der Waals surface area contributed by atoms with Gasteiger partial charge in [0, 0.05) is 29.1 Å². The summed E-state index contributed by atoms with van der Waals surface area (Å²) in [7, 11) is 0. The Morgan fingerprint density at radius 2 is 1.93 bits per heavy atom. The molecule has 9 heteroatoms. The Labute approximate surface area is 193 Å². The maximum atomic E-state index is 12.6. The second kappa shape index (κ2) is 10.0. The fourth-order valence-corrected chi connectivity index (χ4v) is 5.17. The minimum absolute atomic E-state index is 0.0972. The summed E-state index contributed by atoms with van der Waals surface area (Å²) in [5.41, 5.74) is 3.45. The van der Waals surface area contributed by atoms with Crippen LogP contribution in [-0.2, 0) is 9.53 Å². The van der Waals surface area contributed by atoms with E-state index in [2.05, 4.69) is 15.2 Å². The molecule has 1 aliphatic heterocycles. The Bertz CT molecular complexity index is 1020. The Balaban J connectivity index is 1.39. The van der Waals surface area contributed by atoms with Gasteiger partial charge in [-0.25, -0.2) is 4.98 Å². The van der Waals surface area contributed by atoms with E-state index in [1.807, 2.05) is 47.8 Å². The topological polar surface area (TPSA) is 54.5 Å². The molecular formula is C21H19Cl2N3O2S2. The number of anilines is 2. The highest BCUT2D eigenvalue weighted by atomic mass is 35.5. The van der Waals surface area contributed by atoms with Crippen molar-refractivity contribution in [3.8, 4) is 11.3 Å². The zero-order chi connectivity index (χ0) is 20.9. The van der Waals surface area contributed by atoms with E-state index in [4.69, 9.17) is 27.9 Å². The SMILES string of the molecule is O=C(CSc1nc(-c2ccc(Cl)cc2)cs1)Nc1cccc(Cl)c1N1CCOCC1. The van der Waals surface area contributed by atoms with Gasteiger partial charge < -0.3 is 15.0 Å². The zero-order valence-electron chi connectivity index (χ0n) is 15.9. The maximum absolute atomic E-state index is 12.6. The number of para-hydroxylation sites is 1. The number of carbonyl (C=O) groups excluding carboxylic acids is 1. The van der Waals surface area contributed by atoms with Gasteiger partial charge in [-0.15, -0.1) is 11.3 Å². The standard InChI is InChI=1S/C21H19Cl2N3O2S2/c22-15-6-4-14(5-7-15)18-12-29-21(25-18)30-13-19(27)24-17-3-1-2-16(23)20(17)26-8-10-28-11-9-26/h1-7,12H,8-11,13H2,(H,24,27). The van der Waals surface area contributed by atoms with E-state index in [0.29, 0.717) is 23.3 Å². The molecule has 1 N–H and O–H groups in total. The van der Waals surface area contributed by atoms with Crippen molar-refractivity contribution in [1.29, 1.82) is 0 Å². The van der Waals surface area contributed by atoms with E-state index in [0.717, 1.165) is 40.1 Å². The summed E-state index contributed by atoms with van der Waals surface area (Å²) in [5, 5.41) is 6.29. The maximum Gasteiger partial charge on any atom is 0.234 e. The van der Waals surface area contributed by atoms with Crippen LogP contribution in [0.1, 0.15) is 0 Å². The number of nitrogens with one attached hydrogen (secondary N) is 1. The van der Waals surface area contributed by atoms with E-state index >= 15 is 0 Å². The first-order chi connectivity index (χ1) is 14.6. The average Bonchev–Trinajstić information content (AvgIpc) is 3.23. The lowest BCUT2D eigenvalue weighted by Crippen LogP contribution is -2.37. The molecule has 0 unspecified atom stereocenters. The molecule has 2 aromatic carbocycles. The number of carbonyl (C=O) groups is 1. The van der Waals surface area contributed by atoms with E-state index in [1.54, 1.807) is 0 Å². The third-order valence-electron chi connectivity index (χ3n) is 4.54. The first-order valence-corrected chi connectivity index (χ1v) is 12.0. The van der Waals surface area contributed by atoms with Gasteiger partial charge in [-0.1, -0.05) is 53.2 Å². The van der Waals surface area contributed by atoms with Crippen LogP contribution in [0.4, 0.5) is 11.4 Å². The number of halogens is 2. The summed E-state index contributed by atoms with van der Waals surface area (Å²) >= 11 is 15.3. The molecular weight excluding hydrogens is 461 g/mol. The lowest BCUT2D eigenvalue weighted by molar-refractivity contribution is -0.113. The zero-order valence-corrected chi connectivity index (χ0v) is 19.1. The van der Waals surface area contributed by atoms with Crippen molar-refractivity contribution in [2.24, 2.45) is 0 Å². The molecule has 30 heavy (non-hydrogen) atoms. The number of aromatic nitrogens is 1. The molecule has 1 aliphatic rings. The number of amides is 1. The van der Waals surface area contributed by atoms with Crippen LogP contribution < -0.4 is 10.2 Å². The van der Waals surface area contributed by atoms with E-state index in [-0.39, 0.29) is 11.7 Å². The number of thioether (sulfide) groups is 1. The molecule has 1 aromatic heterocycles. The molecule has 3 aromatic rings. The number of hydrogen-bond donors (Lipinski definition) is 1. The van der Waals surface area contributed by atoms with Crippen molar-refractivity contribution in [3.63, 3.8) is 0 Å². The largest absolute Gasteiger partial charge is 0.378 e. The number of benzene rings is 2. The molecule has 1 amide bonds. The molecule has 0 spiro atoms. The molecule has 0 atom stereocenters. The third kappa shape index (κ3) is 5.28. The molecule has 0 aliphatic carbocycles. The molecule has 0 radical (unpaired) electrons. The summed E-state index contributed by atoms with van der Waals surface area (Å²) in [5.74, 6) is 0.169. The van der Waals surface area contributed by atoms with Gasteiger partial charge in [0.25, 0.3) is 0 Å². The van der Waals surface area contributed by atoms with E-state index in [1.165, 1.54) is 23.1 Å². The number of ether oxygens (including phenoxy) is 1. The minimum atomic E-state index is -0.0972. The highest BCUT2D eigenvalue weighted by molar-refractivity contribution is 8.01. The normalized spacial score (nSPS) is 14.0. The van der Waals surface area contributed by atoms with Crippen LogP contribution in [0.2, 0.25) is 10.0 Å². The first-order valence-electron chi connectivity index (χ1n) is 9.35. The molecule has 0 bridgehead atoms. The van der Waals surface area contributed by atoms with Gasteiger partial charge in [0.2, 0.25) is 5.91 Å². The van der Waals surface area contributed by atoms with Crippen molar-refractivity contribution in [3.05, 3.63) is 57.9 Å². The quantitative estimate of drug-likeness (QED) is 0.460. The van der Waals surface area contributed by atoms with Gasteiger partial charge in [0.1, 0.15) is 0 Å². The van der Waals surface area contributed by atoms with E-state index < -0.39 is 0 Å². The fourth-order valence-electron chi connectivity index (χ4n) is 3.11. The highest BCUT2D eigenvalue weighted by Crippen LogP contribution is 2.35. The summed E-state index contributed by atoms with van der Waals surface area (Å²) < 4.78 is 6.26. The molecule has 156 valence electrons. The van der Waals surface area contributed by atoms with Crippen molar-refractivity contribution in [2.75, 3.05) is 42.3 Å². The molecule has 1 saturated heterocycles. The predicted molar refractivity (Wildman–Crippen MR) is 126 cm³/mol. The van der Waals surface area contributed by atoms with Crippen LogP contribution >= 0.6 is 46.3 Å². The second-order valence-corrected chi connectivity index (χ2v) is 9.50. The van der Waals surface area contributed by atoms with Crippen LogP contribution in [0, 0.1) is 0 Å². The first kappa shape index (κ1) is 21.5. The van der Waals surface area contributed by atoms with Gasteiger partial charge in [-0.2, -0.15) is 0 Å². The van der Waals surface area contributed by atoms with Gasteiger partial charge in [0.05, 0.1) is 41.1 Å². The molecule has 5 nitrogen and oxygen atoms in total. The van der Waals surface area contributed by atoms with Crippen LogP contribution in [0.3, 0.4) is 0 Å². The highest BCUT2D eigenvalue weighted by Gasteiger charge is 2.19. The van der Waals surface area contributed by atoms with Crippen LogP contribution in [0.15, 0.2) is 52.2 Å². The van der Waals surface area contributed by atoms with Crippen molar-refractivity contribution >= 4 is 63.6 Å². The van der Waals surface area contributed by atoms with Crippen LogP contribution in [0.5, 0.6) is 0 Å². The number of nitrogens with zero attached hydrogens (tertiary/aromatic N) is 2. The van der Waals surface area contributed by atoms with Gasteiger partial charge in [-0.05, 0) is 24.3 Å². The van der Waals surface area contributed by atoms with Gasteiger partial charge >= 0.3 is 0 Å². The number of rotatable bonds is 6. The fraction of sp³-hybridized carbons (Fsp3) is 0.238. The second-order valence-electron chi connectivity index (χ2n) is 6.58. The number of hydrogen-bond acceptors (Lipinski definition) is 6. The Morgan fingerprint density at radius 1 is 1.17 bits per heavy atom. The Morgan fingerprint density at radius 3 is 2.70 bits per heavy atom. The molecule has 1 fully saturated rings. The Hall–Kier alpha value is -1.77. The number of thiazole rings is 1. The van der Waals surface area contributed by atoms with Crippen molar-refractivity contribution in [2.45, 2.75) is 4.34 Å². The van der Waals surface area contributed by atoms with Crippen molar-refractivity contribution < 1.29 is 9.53 Å². The minimum Gasteiger partial charge on any atom is -0.378 e. The summed E-state index contributed by atoms with van der Waals surface area (Å²) in [6.45, 7) is 2.78. The van der Waals surface area contributed by atoms with E-state index in [9.17, 15) is 4.79 Å². The monoisotopic (exact) mass is 479 g/mol. The summed E-state index contributed by atoms with van der Waals surface area (Å²) in [6.07, 6.45) is 0. The van der Waals surface area contributed by atoms with Crippen LogP contribution in [-0.4, -0.2) is 42.9 Å². The summed E-state index contributed by atoms with van der Waals surface area (Å²) in [4.78, 5) is 19.3. The van der Waals surface area contributed by atoms with Gasteiger partial charge in [0.15, 0.2) is 4.34 Å². The summed E-state index contributed by atoms with van der Waals surface area (Å²) in [6, 6.07) is 13.1. The molecule has 0 saturated carbocycles. The number of morpholine rings is 1. The Kier molecular flexibility index (Phi) is 7.17. The lowest BCUT2D eigenvalue weighted by atomic mass is 10.2. The van der Waals surface area contributed by atoms with Gasteiger partial charge in [-0.3, -0.25) is 4.79 Å². The van der Waals surface area contributed by atoms with Crippen molar-refractivity contribution in [1.82, 2.24) is 4.98 Å². The average molecular weight is 480 g/mol. The van der Waals surface area contributed by atoms with Crippen LogP contribution in [0.25, 0.3) is 11.3 Å². The smallest absolute Gasteiger partial charge is 0.234 e. The molecule has 4 rings (SSSR count). The molecule has 2 heterocycles. The third-order valence-corrected chi connectivity index (χ3v) is 7.12.